The number of amides is 2. The maximum absolute atomic E-state index is 12.6. The highest BCUT2D eigenvalue weighted by molar-refractivity contribution is 7.91. The number of benzene rings is 1. The van der Waals surface area contributed by atoms with E-state index in [4.69, 9.17) is 4.74 Å². The Labute approximate surface area is 181 Å². The van der Waals surface area contributed by atoms with Crippen molar-refractivity contribution in [1.82, 2.24) is 5.01 Å². The van der Waals surface area contributed by atoms with Gasteiger partial charge in [-0.25, -0.2) is 18.2 Å². The standard InChI is InChI=1S/C19H20F3N3O6S/c1-11(17(27)23-13-4-2-12(3-5-13)19(20,21)22)31-18(28)15-6-7-16(26)25(24-15)14-8-9-32(29,30)10-14/h2-5,11,14H,6-10H2,1H3,(H,23,27)/t11-,14+/m1/s1. The molecular formula is C19H20F3N3O6S. The molecule has 0 spiro atoms. The molecule has 2 amide bonds. The van der Waals surface area contributed by atoms with Gasteiger partial charge in [0.2, 0.25) is 5.91 Å². The number of hydrazone groups is 1. The number of nitrogens with zero attached hydrogens (tertiary/aromatic N) is 2. The van der Waals surface area contributed by atoms with Crippen LogP contribution in [0.15, 0.2) is 29.4 Å². The van der Waals surface area contributed by atoms with Gasteiger partial charge in [-0.2, -0.15) is 18.3 Å². The zero-order valence-electron chi connectivity index (χ0n) is 16.9. The SMILES string of the molecule is C[C@@H](OC(=O)C1=NN([C@H]2CCS(=O)(=O)C2)C(=O)CC1)C(=O)Nc1ccc(C(F)(F)F)cc1. The van der Waals surface area contributed by atoms with Gasteiger partial charge < -0.3 is 10.1 Å². The Bertz CT molecular complexity index is 1050. The minimum absolute atomic E-state index is 0.0269. The molecule has 1 aromatic rings. The molecule has 0 radical (unpaired) electrons. The van der Waals surface area contributed by atoms with Crippen LogP contribution >= 0.6 is 0 Å². The number of ether oxygens (including phenoxy) is 1. The molecule has 174 valence electrons. The van der Waals surface area contributed by atoms with Gasteiger partial charge in [-0.05, 0) is 37.6 Å². The second kappa shape index (κ2) is 8.88. The number of hydrogen-bond acceptors (Lipinski definition) is 7. The summed E-state index contributed by atoms with van der Waals surface area (Å²) in [6.45, 7) is 1.27. The molecule has 13 heteroatoms. The van der Waals surface area contributed by atoms with Crippen molar-refractivity contribution >= 4 is 39.0 Å². The fourth-order valence-electron chi connectivity index (χ4n) is 3.24. The molecule has 0 aromatic heterocycles. The summed E-state index contributed by atoms with van der Waals surface area (Å²) < 4.78 is 66.2. The van der Waals surface area contributed by atoms with Crippen LogP contribution in [0.4, 0.5) is 18.9 Å². The molecule has 2 aliphatic rings. The van der Waals surface area contributed by atoms with Crippen molar-refractivity contribution in [2.75, 3.05) is 16.8 Å². The van der Waals surface area contributed by atoms with Crippen LogP contribution in [0.2, 0.25) is 0 Å². The number of alkyl halides is 3. The summed E-state index contributed by atoms with van der Waals surface area (Å²) in [6.07, 6.45) is -5.68. The summed E-state index contributed by atoms with van der Waals surface area (Å²) >= 11 is 0. The van der Waals surface area contributed by atoms with Crippen LogP contribution in [0.5, 0.6) is 0 Å². The molecule has 3 rings (SSSR count). The van der Waals surface area contributed by atoms with Gasteiger partial charge in [0.15, 0.2) is 15.9 Å². The molecule has 9 nitrogen and oxygen atoms in total. The third kappa shape index (κ3) is 5.64. The van der Waals surface area contributed by atoms with Gasteiger partial charge in [0.1, 0.15) is 5.71 Å². The first-order chi connectivity index (χ1) is 14.9. The number of halogens is 3. The first-order valence-corrected chi connectivity index (χ1v) is 11.5. The fourth-order valence-corrected chi connectivity index (χ4v) is 4.93. The normalized spacial score (nSPS) is 21.6. The lowest BCUT2D eigenvalue weighted by atomic mass is 10.1. The van der Waals surface area contributed by atoms with Crippen LogP contribution in [0.1, 0.15) is 31.7 Å². The molecule has 1 fully saturated rings. The van der Waals surface area contributed by atoms with E-state index >= 15 is 0 Å². The summed E-state index contributed by atoms with van der Waals surface area (Å²) in [5.41, 5.74) is -0.914. The quantitative estimate of drug-likeness (QED) is 0.648. The molecule has 2 heterocycles. The van der Waals surface area contributed by atoms with Crippen LogP contribution in [0.3, 0.4) is 0 Å². The second-order valence-electron chi connectivity index (χ2n) is 7.45. The Morgan fingerprint density at radius 3 is 2.44 bits per heavy atom. The number of carbonyl (C=O) groups is 3. The van der Waals surface area contributed by atoms with Gasteiger partial charge in [-0.3, -0.25) is 9.59 Å². The monoisotopic (exact) mass is 475 g/mol. The van der Waals surface area contributed by atoms with E-state index in [1.54, 1.807) is 0 Å². The van der Waals surface area contributed by atoms with Gasteiger partial charge in [0.05, 0.1) is 23.1 Å². The van der Waals surface area contributed by atoms with Crippen LogP contribution in [-0.2, 0) is 35.1 Å². The number of rotatable bonds is 5. The number of sulfone groups is 1. The Balaban J connectivity index is 1.61. The third-order valence-corrected chi connectivity index (χ3v) is 6.73. The highest BCUT2D eigenvalue weighted by Crippen LogP contribution is 2.30. The lowest BCUT2D eigenvalue weighted by molar-refractivity contribution is -0.147. The first kappa shape index (κ1) is 23.7. The zero-order valence-corrected chi connectivity index (χ0v) is 17.7. The Morgan fingerprint density at radius 1 is 1.22 bits per heavy atom. The van der Waals surface area contributed by atoms with E-state index in [1.807, 2.05) is 0 Å². The second-order valence-corrected chi connectivity index (χ2v) is 9.68. The van der Waals surface area contributed by atoms with Crippen LogP contribution in [0.25, 0.3) is 0 Å². The summed E-state index contributed by atoms with van der Waals surface area (Å²) in [4.78, 5) is 36.7. The molecular weight excluding hydrogens is 455 g/mol. The average molecular weight is 475 g/mol. The molecule has 0 bridgehead atoms. The minimum Gasteiger partial charge on any atom is -0.448 e. The van der Waals surface area contributed by atoms with Crippen molar-refractivity contribution in [1.29, 1.82) is 0 Å². The Hall–Kier alpha value is -2.96. The van der Waals surface area contributed by atoms with Gasteiger partial charge >= 0.3 is 12.1 Å². The van der Waals surface area contributed by atoms with Crippen molar-refractivity contribution < 1.29 is 40.7 Å². The van der Waals surface area contributed by atoms with E-state index in [0.29, 0.717) is 0 Å². The lowest BCUT2D eigenvalue weighted by Crippen LogP contribution is -2.42. The minimum atomic E-state index is -4.51. The van der Waals surface area contributed by atoms with E-state index < -0.39 is 51.5 Å². The van der Waals surface area contributed by atoms with Crippen molar-refractivity contribution in [2.24, 2.45) is 5.10 Å². The largest absolute Gasteiger partial charge is 0.448 e. The van der Waals surface area contributed by atoms with Gasteiger partial charge in [0.25, 0.3) is 5.91 Å². The van der Waals surface area contributed by atoms with Gasteiger partial charge in [-0.1, -0.05) is 0 Å². The van der Waals surface area contributed by atoms with Gasteiger partial charge in [0, 0.05) is 18.5 Å². The molecule has 32 heavy (non-hydrogen) atoms. The van der Waals surface area contributed by atoms with Crippen molar-refractivity contribution in [3.05, 3.63) is 29.8 Å². The average Bonchev–Trinajstić information content (AvgIpc) is 3.07. The molecule has 1 N–H and O–H groups in total. The molecule has 2 aliphatic heterocycles. The van der Waals surface area contributed by atoms with E-state index in [9.17, 15) is 36.0 Å². The predicted molar refractivity (Wildman–Crippen MR) is 106 cm³/mol. The summed E-state index contributed by atoms with van der Waals surface area (Å²) in [5.74, 6) is -2.44. The fraction of sp³-hybridized carbons (Fsp3) is 0.474. The van der Waals surface area contributed by atoms with E-state index in [-0.39, 0.29) is 42.2 Å². The Morgan fingerprint density at radius 2 is 1.88 bits per heavy atom. The highest BCUT2D eigenvalue weighted by atomic mass is 32.2. The number of esters is 1. The molecule has 2 atom stereocenters. The molecule has 0 aliphatic carbocycles. The number of nitrogens with one attached hydrogen (secondary N) is 1. The van der Waals surface area contributed by atoms with E-state index in [1.165, 1.54) is 6.92 Å². The van der Waals surface area contributed by atoms with E-state index in [0.717, 1.165) is 29.3 Å². The smallest absolute Gasteiger partial charge is 0.416 e. The summed E-state index contributed by atoms with van der Waals surface area (Å²) in [6, 6.07) is 3.09. The molecule has 0 saturated carbocycles. The van der Waals surface area contributed by atoms with Crippen molar-refractivity contribution in [3.8, 4) is 0 Å². The Kier molecular flexibility index (Phi) is 6.58. The first-order valence-electron chi connectivity index (χ1n) is 9.65. The van der Waals surface area contributed by atoms with Crippen molar-refractivity contribution in [3.63, 3.8) is 0 Å². The maximum atomic E-state index is 12.6. The summed E-state index contributed by atoms with van der Waals surface area (Å²) in [7, 11) is -3.27. The number of anilines is 1. The summed E-state index contributed by atoms with van der Waals surface area (Å²) in [5, 5.41) is 7.30. The third-order valence-electron chi connectivity index (χ3n) is 4.98. The van der Waals surface area contributed by atoms with Crippen LogP contribution < -0.4 is 5.32 Å². The predicted octanol–water partition coefficient (Wildman–Crippen LogP) is 1.74. The topological polar surface area (TPSA) is 122 Å². The van der Waals surface area contributed by atoms with Crippen molar-refractivity contribution in [2.45, 2.75) is 44.5 Å². The zero-order chi connectivity index (χ0) is 23.7. The van der Waals surface area contributed by atoms with Crippen LogP contribution in [-0.4, -0.2) is 60.6 Å². The highest BCUT2D eigenvalue weighted by Gasteiger charge is 2.38. The van der Waals surface area contributed by atoms with Crippen LogP contribution in [0, 0.1) is 0 Å². The molecule has 1 aromatic carbocycles. The number of carbonyl (C=O) groups excluding carboxylic acids is 3. The van der Waals surface area contributed by atoms with Gasteiger partial charge in [-0.15, -0.1) is 0 Å². The number of hydrogen-bond donors (Lipinski definition) is 1. The maximum Gasteiger partial charge on any atom is 0.416 e. The molecule has 0 unspecified atom stereocenters. The lowest BCUT2D eigenvalue weighted by Gasteiger charge is -2.27. The molecule has 1 saturated heterocycles. The van der Waals surface area contributed by atoms with E-state index in [2.05, 4.69) is 10.4 Å².